The predicted molar refractivity (Wildman–Crippen MR) is 136 cm³/mol. The third kappa shape index (κ3) is 5.45. The zero-order valence-corrected chi connectivity index (χ0v) is 24.8. The summed E-state index contributed by atoms with van der Waals surface area (Å²) in [7, 11) is -6.57. The van der Waals surface area contributed by atoms with Gasteiger partial charge in [0.2, 0.25) is 8.32 Å². The molecule has 0 aliphatic carbocycles. The molecule has 4 rings (SSSR count). The van der Waals surface area contributed by atoms with Crippen molar-refractivity contribution in [3.8, 4) is 0 Å². The van der Waals surface area contributed by atoms with Crippen LogP contribution in [0.2, 0.25) is 18.1 Å². The third-order valence-corrected chi connectivity index (χ3v) is 13.4. The molecule has 1 aromatic rings. The number of rotatable bonds is 6. The second kappa shape index (κ2) is 9.10. The second-order valence-electron chi connectivity index (χ2n) is 12.4. The Bertz CT molecular complexity index is 1070. The minimum atomic E-state index is -4.02. The molecule has 3 aliphatic heterocycles. The van der Waals surface area contributed by atoms with Gasteiger partial charge in [-0.15, -0.1) is 0 Å². The molecule has 3 aliphatic rings. The van der Waals surface area contributed by atoms with E-state index in [-0.39, 0.29) is 16.5 Å². The minimum absolute atomic E-state index is 0.0870. The first-order valence-corrected chi connectivity index (χ1v) is 16.8. The van der Waals surface area contributed by atoms with Crippen LogP contribution in [0.1, 0.15) is 54.0 Å². The van der Waals surface area contributed by atoms with Gasteiger partial charge in [-0.1, -0.05) is 42.9 Å². The number of benzene rings is 1. The number of nitrogens with zero attached hydrogens (tertiary/aromatic N) is 1. The Morgan fingerprint density at radius 1 is 0.917 bits per heavy atom. The van der Waals surface area contributed by atoms with Crippen LogP contribution < -0.4 is 0 Å². The Hall–Kier alpha value is -0.893. The lowest BCUT2D eigenvalue weighted by atomic mass is 9.99. The highest BCUT2D eigenvalue weighted by molar-refractivity contribution is 7.89. The van der Waals surface area contributed by atoms with Crippen molar-refractivity contribution in [2.75, 3.05) is 6.54 Å². The fourth-order valence-corrected chi connectivity index (χ4v) is 7.26. The van der Waals surface area contributed by atoms with Gasteiger partial charge in [0.15, 0.2) is 17.9 Å². The van der Waals surface area contributed by atoms with Crippen molar-refractivity contribution >= 4 is 18.3 Å². The van der Waals surface area contributed by atoms with Crippen molar-refractivity contribution in [3.63, 3.8) is 0 Å². The Morgan fingerprint density at radius 3 is 2.03 bits per heavy atom. The maximum atomic E-state index is 13.9. The SMILES string of the molecule is Cc1ccc(S(=O)(=O)N(C[C@H]2O[C@@H]3OC(C)(C)O[C@@H]3[C@H]3OC(C)(C)O[C@H]32)O[Si](C)(C)C(C)(C)C)cc1. The van der Waals surface area contributed by atoms with E-state index < -0.39 is 60.6 Å². The largest absolute Gasteiger partial charge is 0.342 e. The summed E-state index contributed by atoms with van der Waals surface area (Å²) in [4.78, 5) is 0.155. The molecule has 0 radical (unpaired) electrons. The normalized spacial score (nSPS) is 31.9. The van der Waals surface area contributed by atoms with E-state index in [1.807, 2.05) is 47.7 Å². The molecule has 0 amide bonds. The van der Waals surface area contributed by atoms with Crippen molar-refractivity contribution in [3.05, 3.63) is 29.8 Å². The van der Waals surface area contributed by atoms with Gasteiger partial charge in [-0.2, -0.15) is 0 Å². The van der Waals surface area contributed by atoms with Crippen LogP contribution in [0.4, 0.5) is 0 Å². The first-order chi connectivity index (χ1) is 16.3. The van der Waals surface area contributed by atoms with Crippen LogP contribution in [-0.4, -0.2) is 70.0 Å². The number of hydroxylamine groups is 1. The highest BCUT2D eigenvalue weighted by Crippen LogP contribution is 2.45. The summed E-state index contributed by atoms with van der Waals surface area (Å²) in [6.45, 7) is 19.3. The summed E-state index contributed by atoms with van der Waals surface area (Å²) in [6.07, 6.45) is -2.98. The number of hydrogen-bond acceptors (Lipinski definition) is 8. The third-order valence-electron chi connectivity index (χ3n) is 7.30. The van der Waals surface area contributed by atoms with Gasteiger partial charge >= 0.3 is 0 Å². The molecule has 0 spiro atoms. The highest BCUT2D eigenvalue weighted by atomic mass is 32.2. The molecule has 3 saturated heterocycles. The average molecular weight is 544 g/mol. The van der Waals surface area contributed by atoms with Crippen molar-refractivity contribution in [1.82, 2.24) is 4.47 Å². The summed E-state index contributed by atoms with van der Waals surface area (Å²) in [6, 6.07) is 6.75. The first kappa shape index (κ1) is 28.1. The van der Waals surface area contributed by atoms with E-state index in [4.69, 9.17) is 28.2 Å². The maximum Gasteiger partial charge on any atom is 0.264 e. The molecule has 1 aromatic carbocycles. The van der Waals surface area contributed by atoms with Gasteiger partial charge in [-0.3, -0.25) is 0 Å². The van der Waals surface area contributed by atoms with Crippen molar-refractivity contribution in [2.45, 2.75) is 121 Å². The van der Waals surface area contributed by atoms with Crippen LogP contribution in [0, 0.1) is 6.92 Å². The molecule has 0 saturated carbocycles. The van der Waals surface area contributed by atoms with Gasteiger partial charge in [-0.25, -0.2) is 8.42 Å². The molecular weight excluding hydrogens is 502 g/mol. The number of hydrogen-bond donors (Lipinski definition) is 0. The number of aryl methyl sites for hydroxylation is 1. The zero-order chi connectivity index (χ0) is 26.9. The van der Waals surface area contributed by atoms with E-state index in [0.29, 0.717) is 0 Å². The number of ether oxygens (including phenoxy) is 5. The number of fused-ring (bicyclic) bond motifs is 3. The summed E-state index contributed by atoms with van der Waals surface area (Å²) < 4.78 is 66.2. The van der Waals surface area contributed by atoms with Gasteiger partial charge < -0.3 is 28.2 Å². The fraction of sp³-hybridized carbons (Fsp3) is 0.760. The van der Waals surface area contributed by atoms with E-state index in [2.05, 4.69) is 20.8 Å². The molecule has 9 nitrogen and oxygen atoms in total. The highest BCUT2D eigenvalue weighted by Gasteiger charge is 2.61. The van der Waals surface area contributed by atoms with Crippen LogP contribution >= 0.6 is 0 Å². The Morgan fingerprint density at radius 2 is 1.44 bits per heavy atom. The van der Waals surface area contributed by atoms with Crippen LogP contribution in [0.3, 0.4) is 0 Å². The van der Waals surface area contributed by atoms with Crippen LogP contribution in [0.5, 0.6) is 0 Å². The molecule has 204 valence electrons. The van der Waals surface area contributed by atoms with E-state index in [1.54, 1.807) is 24.3 Å². The Balaban J connectivity index is 1.70. The lowest BCUT2D eigenvalue weighted by Gasteiger charge is -2.42. The fourth-order valence-electron chi connectivity index (χ4n) is 4.39. The van der Waals surface area contributed by atoms with E-state index in [9.17, 15) is 8.42 Å². The van der Waals surface area contributed by atoms with Crippen LogP contribution in [0.25, 0.3) is 0 Å². The van der Waals surface area contributed by atoms with Crippen LogP contribution in [0.15, 0.2) is 29.2 Å². The molecule has 11 heteroatoms. The molecule has 0 N–H and O–H groups in total. The van der Waals surface area contributed by atoms with Gasteiger partial charge in [0, 0.05) is 0 Å². The van der Waals surface area contributed by atoms with Gasteiger partial charge in [0.25, 0.3) is 10.0 Å². The van der Waals surface area contributed by atoms with Crippen LogP contribution in [-0.2, 0) is 38.2 Å². The summed E-state index contributed by atoms with van der Waals surface area (Å²) >= 11 is 0. The molecule has 3 heterocycles. The monoisotopic (exact) mass is 543 g/mol. The summed E-state index contributed by atoms with van der Waals surface area (Å²) in [5.41, 5.74) is 0.968. The van der Waals surface area contributed by atoms with Gasteiger partial charge in [0.1, 0.15) is 24.4 Å². The standard InChI is InChI=1S/C25H41NO8SSi/c1-16-11-13-17(14-12-16)35(27,28)26(34-36(9,10)23(2,3)4)15-18-19-20(31-24(5,6)30-19)21-22(29-18)33-25(7,8)32-21/h11-14,18-22H,15H2,1-10H3/t18-,19+,20+,21-,22-/m1/s1. The van der Waals surface area contributed by atoms with E-state index in [1.165, 1.54) is 0 Å². The number of sulfonamides is 1. The van der Waals surface area contributed by atoms with E-state index >= 15 is 0 Å². The smallest absolute Gasteiger partial charge is 0.264 e. The Labute approximate surface area is 216 Å². The lowest BCUT2D eigenvalue weighted by molar-refractivity contribution is -0.240. The summed E-state index contributed by atoms with van der Waals surface area (Å²) in [5, 5.41) is -0.226. The maximum absolute atomic E-state index is 13.9. The zero-order valence-electron chi connectivity index (χ0n) is 23.0. The molecule has 36 heavy (non-hydrogen) atoms. The molecular formula is C25H41NO8SSi. The molecule has 0 aromatic heterocycles. The van der Waals surface area contributed by atoms with Crippen molar-refractivity contribution in [1.29, 1.82) is 0 Å². The van der Waals surface area contributed by atoms with E-state index in [0.717, 1.165) is 10.0 Å². The molecule has 0 unspecified atom stereocenters. The predicted octanol–water partition coefficient (Wildman–Crippen LogP) is 4.32. The van der Waals surface area contributed by atoms with Gasteiger partial charge in [-0.05, 0) is 64.9 Å². The summed E-state index contributed by atoms with van der Waals surface area (Å²) in [5.74, 6) is -1.75. The van der Waals surface area contributed by atoms with Gasteiger partial charge in [0.05, 0.1) is 11.4 Å². The molecule has 3 fully saturated rings. The average Bonchev–Trinajstić information content (AvgIpc) is 3.21. The topological polar surface area (TPSA) is 92.8 Å². The Kier molecular flexibility index (Phi) is 7.11. The minimum Gasteiger partial charge on any atom is -0.342 e. The quantitative estimate of drug-likeness (QED) is 0.387. The van der Waals surface area contributed by atoms with Crippen molar-refractivity contribution in [2.24, 2.45) is 0 Å². The van der Waals surface area contributed by atoms with Crippen molar-refractivity contribution < 1.29 is 36.6 Å². The molecule has 5 atom stereocenters. The molecule has 0 bridgehead atoms. The lowest BCUT2D eigenvalue weighted by Crippen LogP contribution is -2.59. The second-order valence-corrected chi connectivity index (χ2v) is 18.9. The first-order valence-electron chi connectivity index (χ1n) is 12.5.